The molecule has 0 radical (unpaired) electrons. The Balaban J connectivity index is 0.000000720. The summed E-state index contributed by atoms with van der Waals surface area (Å²) < 4.78 is 4.60. The van der Waals surface area contributed by atoms with Crippen molar-refractivity contribution in [3.63, 3.8) is 0 Å². The van der Waals surface area contributed by atoms with Gasteiger partial charge < -0.3 is 10.5 Å². The van der Waals surface area contributed by atoms with Crippen LogP contribution in [0.4, 0.5) is 0 Å². The van der Waals surface area contributed by atoms with Gasteiger partial charge in [0, 0.05) is 5.54 Å². The smallest absolute Gasteiger partial charge is 0.306 e. The van der Waals surface area contributed by atoms with Gasteiger partial charge in [0.05, 0.1) is 13.5 Å². The Bertz CT molecular complexity index is 197. The second kappa shape index (κ2) is 2.60. The molecule has 2 bridgehead atoms. The minimum absolute atomic E-state index is 0. The minimum atomic E-state index is -0.0910. The van der Waals surface area contributed by atoms with Gasteiger partial charge in [-0.05, 0) is 24.7 Å². The van der Waals surface area contributed by atoms with Crippen molar-refractivity contribution in [1.29, 1.82) is 0 Å². The van der Waals surface area contributed by atoms with Crippen LogP contribution in [0, 0.1) is 5.41 Å². The maximum Gasteiger partial charge on any atom is 0.306 e. The zero-order valence-electron chi connectivity index (χ0n) is 7.13. The van der Waals surface area contributed by atoms with E-state index in [1.807, 2.05) is 0 Å². The van der Waals surface area contributed by atoms with E-state index < -0.39 is 0 Å². The molecule has 0 aromatic heterocycles. The SMILES string of the molecule is COC(=O)CC12CC(N)(C1)C2.Cl. The fraction of sp³-hybridized carbons (Fsp3) is 0.875. The van der Waals surface area contributed by atoms with Crippen LogP contribution in [0.3, 0.4) is 0 Å². The summed E-state index contributed by atoms with van der Waals surface area (Å²) in [5, 5.41) is 0. The Morgan fingerprint density at radius 2 is 2.00 bits per heavy atom. The number of methoxy groups -OCH3 is 1. The Hall–Kier alpha value is -0.280. The van der Waals surface area contributed by atoms with Crippen LogP contribution in [0.2, 0.25) is 0 Å². The second-order valence-corrected chi connectivity index (χ2v) is 4.15. The van der Waals surface area contributed by atoms with Crippen molar-refractivity contribution in [2.75, 3.05) is 7.11 Å². The van der Waals surface area contributed by atoms with Crippen molar-refractivity contribution in [3.05, 3.63) is 0 Å². The highest BCUT2D eigenvalue weighted by Gasteiger charge is 2.66. The van der Waals surface area contributed by atoms with Crippen LogP contribution >= 0.6 is 12.4 Å². The summed E-state index contributed by atoms with van der Waals surface area (Å²) in [4.78, 5) is 10.9. The van der Waals surface area contributed by atoms with Crippen LogP contribution in [0.25, 0.3) is 0 Å². The van der Waals surface area contributed by atoms with Crippen molar-refractivity contribution in [1.82, 2.24) is 0 Å². The van der Waals surface area contributed by atoms with Gasteiger partial charge in [-0.1, -0.05) is 0 Å². The number of rotatable bonds is 2. The Morgan fingerprint density at radius 3 is 2.33 bits per heavy atom. The van der Waals surface area contributed by atoms with Gasteiger partial charge in [-0.2, -0.15) is 0 Å². The van der Waals surface area contributed by atoms with Crippen molar-refractivity contribution < 1.29 is 9.53 Å². The van der Waals surface area contributed by atoms with Crippen LogP contribution in [-0.2, 0) is 9.53 Å². The van der Waals surface area contributed by atoms with E-state index in [2.05, 4.69) is 4.74 Å². The highest BCUT2D eigenvalue weighted by molar-refractivity contribution is 5.85. The van der Waals surface area contributed by atoms with Gasteiger partial charge in [0.1, 0.15) is 0 Å². The molecule has 3 saturated carbocycles. The molecule has 70 valence electrons. The predicted molar refractivity (Wildman–Crippen MR) is 47.1 cm³/mol. The fourth-order valence-corrected chi connectivity index (χ4v) is 2.65. The van der Waals surface area contributed by atoms with Crippen LogP contribution < -0.4 is 5.73 Å². The lowest BCUT2D eigenvalue weighted by atomic mass is 9.39. The summed E-state index contributed by atoms with van der Waals surface area (Å²) in [6.45, 7) is 0. The third-order valence-corrected chi connectivity index (χ3v) is 2.93. The van der Waals surface area contributed by atoms with Gasteiger partial charge in [0.2, 0.25) is 0 Å². The number of nitrogens with two attached hydrogens (primary N) is 1. The third-order valence-electron chi connectivity index (χ3n) is 2.93. The number of esters is 1. The lowest BCUT2D eigenvalue weighted by Gasteiger charge is -2.68. The first-order valence-electron chi connectivity index (χ1n) is 3.93. The molecule has 0 amide bonds. The molecule has 0 aromatic rings. The van der Waals surface area contributed by atoms with Gasteiger partial charge >= 0.3 is 5.97 Å². The molecule has 0 aromatic carbocycles. The third kappa shape index (κ3) is 1.21. The van der Waals surface area contributed by atoms with E-state index in [-0.39, 0.29) is 29.3 Å². The van der Waals surface area contributed by atoms with Crippen molar-refractivity contribution in [2.24, 2.45) is 11.1 Å². The average molecular weight is 192 g/mol. The van der Waals surface area contributed by atoms with Gasteiger partial charge in [0.25, 0.3) is 0 Å². The summed E-state index contributed by atoms with van der Waals surface area (Å²) in [6, 6.07) is 0. The molecule has 4 heteroatoms. The zero-order valence-corrected chi connectivity index (χ0v) is 7.95. The monoisotopic (exact) mass is 191 g/mol. The zero-order chi connectivity index (χ0) is 8.11. The van der Waals surface area contributed by atoms with Crippen molar-refractivity contribution >= 4 is 18.4 Å². The van der Waals surface area contributed by atoms with E-state index in [4.69, 9.17) is 5.73 Å². The summed E-state index contributed by atoms with van der Waals surface area (Å²) in [6.07, 6.45) is 3.64. The molecule has 3 nitrogen and oxygen atoms in total. The molecule has 0 aliphatic heterocycles. The first-order chi connectivity index (χ1) is 5.08. The lowest BCUT2D eigenvalue weighted by molar-refractivity contribution is -0.168. The van der Waals surface area contributed by atoms with E-state index in [9.17, 15) is 4.79 Å². The topological polar surface area (TPSA) is 52.3 Å². The first kappa shape index (κ1) is 9.81. The summed E-state index contributed by atoms with van der Waals surface area (Å²) in [7, 11) is 1.44. The Kier molecular flexibility index (Phi) is 2.13. The maximum atomic E-state index is 10.9. The molecule has 0 atom stereocenters. The Morgan fingerprint density at radius 1 is 1.50 bits per heavy atom. The molecule has 3 aliphatic carbocycles. The number of hydrogen-bond acceptors (Lipinski definition) is 3. The normalized spacial score (nSPS) is 41.8. The molecule has 0 spiro atoms. The van der Waals surface area contributed by atoms with Crippen LogP contribution in [0.15, 0.2) is 0 Å². The van der Waals surface area contributed by atoms with Crippen molar-refractivity contribution in [2.45, 2.75) is 31.2 Å². The summed E-state index contributed by atoms with van der Waals surface area (Å²) in [5.74, 6) is -0.0910. The fourth-order valence-electron chi connectivity index (χ4n) is 2.65. The molecule has 0 heterocycles. The first-order valence-corrected chi connectivity index (χ1v) is 3.93. The maximum absolute atomic E-state index is 10.9. The van der Waals surface area contributed by atoms with Gasteiger partial charge in [-0.25, -0.2) is 0 Å². The predicted octanol–water partition coefficient (Wildman–Crippen LogP) is 0.853. The van der Waals surface area contributed by atoms with Crippen LogP contribution in [0.5, 0.6) is 0 Å². The molecule has 3 aliphatic rings. The van der Waals surface area contributed by atoms with Gasteiger partial charge in [-0.3, -0.25) is 4.79 Å². The lowest BCUT2D eigenvalue weighted by Crippen LogP contribution is -2.72. The number of carbonyl (C=O) groups excluding carboxylic acids is 1. The molecular weight excluding hydrogens is 178 g/mol. The molecule has 3 fully saturated rings. The van der Waals surface area contributed by atoms with E-state index in [0.29, 0.717) is 6.42 Å². The number of ether oxygens (including phenoxy) is 1. The minimum Gasteiger partial charge on any atom is -0.469 e. The molecule has 3 rings (SSSR count). The van der Waals surface area contributed by atoms with Gasteiger partial charge in [0.15, 0.2) is 0 Å². The van der Waals surface area contributed by atoms with E-state index in [1.54, 1.807) is 0 Å². The summed E-state index contributed by atoms with van der Waals surface area (Å²) in [5.41, 5.74) is 6.19. The molecule has 12 heavy (non-hydrogen) atoms. The molecule has 0 unspecified atom stereocenters. The number of carbonyl (C=O) groups is 1. The molecular formula is C8H14ClNO2. The number of hydrogen-bond donors (Lipinski definition) is 1. The highest BCUT2D eigenvalue weighted by Crippen LogP contribution is 2.67. The molecule has 0 saturated heterocycles. The Labute approximate surface area is 78.1 Å². The molecule has 2 N–H and O–H groups in total. The average Bonchev–Trinajstić information content (AvgIpc) is 1.82. The quantitative estimate of drug-likeness (QED) is 0.659. The van der Waals surface area contributed by atoms with Crippen molar-refractivity contribution in [3.8, 4) is 0 Å². The van der Waals surface area contributed by atoms with E-state index in [1.165, 1.54) is 7.11 Å². The summed E-state index contributed by atoms with van der Waals surface area (Å²) >= 11 is 0. The van der Waals surface area contributed by atoms with Gasteiger partial charge in [-0.15, -0.1) is 12.4 Å². The number of halogens is 1. The van der Waals surface area contributed by atoms with E-state index in [0.717, 1.165) is 19.3 Å². The largest absolute Gasteiger partial charge is 0.469 e. The van der Waals surface area contributed by atoms with E-state index >= 15 is 0 Å². The van der Waals surface area contributed by atoms with Crippen LogP contribution in [-0.4, -0.2) is 18.6 Å². The highest BCUT2D eigenvalue weighted by atomic mass is 35.5. The second-order valence-electron chi connectivity index (χ2n) is 4.15. The standard InChI is InChI=1S/C8H13NO2.ClH/c1-11-6(10)2-7-3-8(9,4-7)5-7;/h2-5,9H2,1H3;1H. The van der Waals surface area contributed by atoms with Crippen LogP contribution in [0.1, 0.15) is 25.7 Å².